The molecule has 0 spiro atoms. The Balaban J connectivity index is 1.82. The van der Waals surface area contributed by atoms with Gasteiger partial charge in [-0.15, -0.1) is 0 Å². The summed E-state index contributed by atoms with van der Waals surface area (Å²) in [6, 6.07) is 0.582. The van der Waals surface area contributed by atoms with Crippen LogP contribution in [-0.2, 0) is 0 Å². The first-order valence-electron chi connectivity index (χ1n) is 6.32. The molecular formula is C12H22FNO. The van der Waals surface area contributed by atoms with Crippen molar-refractivity contribution in [1.82, 2.24) is 4.90 Å². The number of aliphatic hydroxyl groups is 1. The highest BCUT2D eigenvalue weighted by Gasteiger charge is 2.26. The lowest BCUT2D eigenvalue weighted by molar-refractivity contribution is 0.0562. The summed E-state index contributed by atoms with van der Waals surface area (Å²) >= 11 is 0. The standard InChI is InChI=1S/C12H22FNO/c13-10-2-1-3-11(5-4-10)14-8-6-12(15)7-9-14/h10-12,15H,1-9H2. The summed E-state index contributed by atoms with van der Waals surface area (Å²) < 4.78 is 13.2. The molecule has 0 aromatic heterocycles. The number of likely N-dealkylation sites (tertiary alicyclic amines) is 1. The van der Waals surface area contributed by atoms with E-state index in [2.05, 4.69) is 4.90 Å². The quantitative estimate of drug-likeness (QED) is 0.677. The molecule has 1 saturated heterocycles. The number of rotatable bonds is 1. The second-order valence-electron chi connectivity index (χ2n) is 5.03. The van der Waals surface area contributed by atoms with Crippen LogP contribution in [0.15, 0.2) is 0 Å². The van der Waals surface area contributed by atoms with Gasteiger partial charge in [-0.2, -0.15) is 0 Å². The Kier molecular flexibility index (Phi) is 3.98. The lowest BCUT2D eigenvalue weighted by atomic mass is 10.0. The fourth-order valence-electron chi connectivity index (χ4n) is 2.85. The monoisotopic (exact) mass is 215 g/mol. The van der Waals surface area contributed by atoms with Gasteiger partial charge < -0.3 is 10.0 Å². The van der Waals surface area contributed by atoms with Gasteiger partial charge in [-0.05, 0) is 44.9 Å². The van der Waals surface area contributed by atoms with Gasteiger partial charge in [-0.3, -0.25) is 0 Å². The van der Waals surface area contributed by atoms with Gasteiger partial charge in [0.15, 0.2) is 0 Å². The van der Waals surface area contributed by atoms with E-state index in [-0.39, 0.29) is 6.10 Å². The Morgan fingerprint density at radius 1 is 0.933 bits per heavy atom. The molecule has 2 nitrogen and oxygen atoms in total. The number of alkyl halides is 1. The lowest BCUT2D eigenvalue weighted by Crippen LogP contribution is -2.42. The highest BCUT2D eigenvalue weighted by molar-refractivity contribution is 4.81. The van der Waals surface area contributed by atoms with Crippen LogP contribution in [-0.4, -0.2) is 41.4 Å². The third-order valence-electron chi connectivity index (χ3n) is 3.88. The van der Waals surface area contributed by atoms with Crippen molar-refractivity contribution in [3.8, 4) is 0 Å². The molecule has 88 valence electrons. The van der Waals surface area contributed by atoms with Crippen molar-refractivity contribution in [2.75, 3.05) is 13.1 Å². The van der Waals surface area contributed by atoms with Crippen LogP contribution in [0.4, 0.5) is 4.39 Å². The summed E-state index contributed by atoms with van der Waals surface area (Å²) in [5.74, 6) is 0. The number of hydrogen-bond acceptors (Lipinski definition) is 2. The first kappa shape index (κ1) is 11.3. The summed E-state index contributed by atoms with van der Waals surface area (Å²) in [5, 5.41) is 9.44. The molecule has 15 heavy (non-hydrogen) atoms. The Bertz CT molecular complexity index is 192. The molecule has 0 aromatic rings. The van der Waals surface area contributed by atoms with Crippen LogP contribution in [0.1, 0.15) is 44.9 Å². The average molecular weight is 215 g/mol. The van der Waals surface area contributed by atoms with Gasteiger partial charge >= 0.3 is 0 Å². The van der Waals surface area contributed by atoms with Crippen molar-refractivity contribution in [3.63, 3.8) is 0 Å². The number of nitrogens with zero attached hydrogens (tertiary/aromatic N) is 1. The van der Waals surface area contributed by atoms with Crippen molar-refractivity contribution < 1.29 is 9.50 Å². The fourth-order valence-corrected chi connectivity index (χ4v) is 2.85. The summed E-state index contributed by atoms with van der Waals surface area (Å²) in [6.07, 6.45) is 5.83. The average Bonchev–Trinajstić information content (AvgIpc) is 2.44. The van der Waals surface area contributed by atoms with Gasteiger partial charge in [-0.1, -0.05) is 0 Å². The third kappa shape index (κ3) is 3.15. The predicted molar refractivity (Wildman–Crippen MR) is 58.6 cm³/mol. The van der Waals surface area contributed by atoms with E-state index in [1.807, 2.05) is 0 Å². The van der Waals surface area contributed by atoms with Crippen molar-refractivity contribution in [2.45, 2.75) is 63.3 Å². The highest BCUT2D eigenvalue weighted by atomic mass is 19.1. The molecule has 0 aromatic carbocycles. The number of aliphatic hydroxyl groups excluding tert-OH is 1. The molecule has 0 radical (unpaired) electrons. The largest absolute Gasteiger partial charge is 0.393 e. The molecule has 2 aliphatic rings. The van der Waals surface area contributed by atoms with Crippen LogP contribution in [0.3, 0.4) is 0 Å². The molecule has 2 fully saturated rings. The molecule has 1 aliphatic carbocycles. The molecule has 0 bridgehead atoms. The minimum atomic E-state index is -0.564. The maximum atomic E-state index is 13.2. The molecule has 2 atom stereocenters. The summed E-state index contributed by atoms with van der Waals surface area (Å²) in [4.78, 5) is 2.46. The van der Waals surface area contributed by atoms with Gasteiger partial charge in [0.1, 0.15) is 6.17 Å². The molecule has 3 heteroatoms. The molecule has 2 unspecified atom stereocenters. The van der Waals surface area contributed by atoms with E-state index in [4.69, 9.17) is 0 Å². The van der Waals surface area contributed by atoms with Crippen LogP contribution in [0.2, 0.25) is 0 Å². The molecular weight excluding hydrogens is 193 g/mol. The van der Waals surface area contributed by atoms with Gasteiger partial charge in [0.25, 0.3) is 0 Å². The van der Waals surface area contributed by atoms with E-state index in [0.717, 1.165) is 58.0 Å². The van der Waals surface area contributed by atoms with E-state index in [1.54, 1.807) is 0 Å². The topological polar surface area (TPSA) is 23.5 Å². The fraction of sp³-hybridized carbons (Fsp3) is 1.00. The van der Waals surface area contributed by atoms with E-state index in [0.29, 0.717) is 6.04 Å². The van der Waals surface area contributed by atoms with Crippen molar-refractivity contribution in [1.29, 1.82) is 0 Å². The Labute approximate surface area is 91.5 Å². The Hall–Kier alpha value is -0.150. The molecule has 1 N–H and O–H groups in total. The number of halogens is 1. The lowest BCUT2D eigenvalue weighted by Gasteiger charge is -2.35. The Morgan fingerprint density at radius 3 is 2.40 bits per heavy atom. The van der Waals surface area contributed by atoms with E-state index < -0.39 is 6.17 Å². The van der Waals surface area contributed by atoms with Crippen molar-refractivity contribution in [2.24, 2.45) is 0 Å². The van der Waals surface area contributed by atoms with Gasteiger partial charge in [-0.25, -0.2) is 4.39 Å². The first-order chi connectivity index (χ1) is 7.25. The zero-order valence-electron chi connectivity index (χ0n) is 9.37. The van der Waals surface area contributed by atoms with Crippen molar-refractivity contribution >= 4 is 0 Å². The smallest absolute Gasteiger partial charge is 0.100 e. The SMILES string of the molecule is OC1CCN(C2CCCC(F)CC2)CC1. The number of hydrogen-bond donors (Lipinski definition) is 1. The maximum absolute atomic E-state index is 13.2. The van der Waals surface area contributed by atoms with Gasteiger partial charge in [0.2, 0.25) is 0 Å². The summed E-state index contributed by atoms with van der Waals surface area (Å²) in [7, 11) is 0. The second kappa shape index (κ2) is 5.26. The number of piperidine rings is 1. The van der Waals surface area contributed by atoms with Crippen LogP contribution >= 0.6 is 0 Å². The third-order valence-corrected chi connectivity index (χ3v) is 3.88. The van der Waals surface area contributed by atoms with Crippen molar-refractivity contribution in [3.05, 3.63) is 0 Å². The molecule has 1 aliphatic heterocycles. The minimum absolute atomic E-state index is 0.0963. The van der Waals surface area contributed by atoms with E-state index in [9.17, 15) is 9.50 Å². The molecule has 1 saturated carbocycles. The van der Waals surface area contributed by atoms with Crippen LogP contribution in [0.25, 0.3) is 0 Å². The predicted octanol–water partition coefficient (Wildman–Crippen LogP) is 2.11. The minimum Gasteiger partial charge on any atom is -0.393 e. The first-order valence-corrected chi connectivity index (χ1v) is 6.32. The second-order valence-corrected chi connectivity index (χ2v) is 5.03. The van der Waals surface area contributed by atoms with Gasteiger partial charge in [0.05, 0.1) is 6.10 Å². The van der Waals surface area contributed by atoms with E-state index >= 15 is 0 Å². The molecule has 0 amide bonds. The zero-order valence-corrected chi connectivity index (χ0v) is 9.37. The summed E-state index contributed by atoms with van der Waals surface area (Å²) in [5.41, 5.74) is 0. The maximum Gasteiger partial charge on any atom is 0.100 e. The normalized spacial score (nSPS) is 36.4. The molecule has 1 heterocycles. The van der Waals surface area contributed by atoms with Crippen LogP contribution in [0, 0.1) is 0 Å². The highest BCUT2D eigenvalue weighted by Crippen LogP contribution is 2.26. The van der Waals surface area contributed by atoms with Crippen LogP contribution in [0.5, 0.6) is 0 Å². The Morgan fingerprint density at radius 2 is 1.67 bits per heavy atom. The molecule has 2 rings (SSSR count). The summed E-state index contributed by atoms with van der Waals surface area (Å²) in [6.45, 7) is 2.01. The van der Waals surface area contributed by atoms with E-state index in [1.165, 1.54) is 0 Å². The van der Waals surface area contributed by atoms with Gasteiger partial charge in [0, 0.05) is 19.1 Å². The van der Waals surface area contributed by atoms with Crippen LogP contribution < -0.4 is 0 Å². The zero-order chi connectivity index (χ0) is 10.7.